The predicted octanol–water partition coefficient (Wildman–Crippen LogP) is 3.93. The third-order valence-electron chi connectivity index (χ3n) is 3.44. The van der Waals surface area contributed by atoms with Crippen LogP contribution in [0, 0.1) is 22.9 Å². The molecule has 0 radical (unpaired) electrons. The van der Waals surface area contributed by atoms with Crippen LogP contribution < -0.4 is 5.32 Å². The molecule has 0 atom stereocenters. The molecule has 2 aromatic rings. The number of nitro groups is 1. The van der Waals surface area contributed by atoms with E-state index < -0.39 is 4.92 Å². The molecule has 0 spiro atoms. The number of nitrogens with one attached hydrogen (secondary N) is 1. The molecule has 0 aromatic heterocycles. The maximum atomic E-state index is 12.9. The van der Waals surface area contributed by atoms with Gasteiger partial charge in [0, 0.05) is 11.6 Å². The van der Waals surface area contributed by atoms with Gasteiger partial charge in [0.25, 0.3) is 11.6 Å². The molecular weight excluding hydrogens is 345 g/mol. The van der Waals surface area contributed by atoms with Gasteiger partial charge in [-0.2, -0.15) is 0 Å². The molecule has 0 aliphatic carbocycles. The molecule has 1 aliphatic heterocycles. The Hall–Kier alpha value is -3.00. The van der Waals surface area contributed by atoms with Crippen LogP contribution in [0.15, 0.2) is 52.4 Å². The summed E-state index contributed by atoms with van der Waals surface area (Å²) in [5.74, 6) is -0.706. The van der Waals surface area contributed by atoms with E-state index >= 15 is 0 Å². The van der Waals surface area contributed by atoms with Crippen molar-refractivity contribution in [1.82, 2.24) is 5.32 Å². The quantitative estimate of drug-likeness (QED) is 0.512. The second kappa shape index (κ2) is 6.86. The molecule has 25 heavy (non-hydrogen) atoms. The number of benzene rings is 2. The van der Waals surface area contributed by atoms with Gasteiger partial charge in [0.05, 0.1) is 15.5 Å². The van der Waals surface area contributed by atoms with E-state index in [2.05, 4.69) is 10.3 Å². The van der Waals surface area contributed by atoms with Gasteiger partial charge in [0.2, 0.25) is 0 Å². The van der Waals surface area contributed by atoms with Gasteiger partial charge in [-0.25, -0.2) is 9.38 Å². The van der Waals surface area contributed by atoms with E-state index in [1.165, 1.54) is 30.3 Å². The van der Waals surface area contributed by atoms with Crippen LogP contribution in [0.5, 0.6) is 0 Å². The van der Waals surface area contributed by atoms with E-state index in [0.29, 0.717) is 26.9 Å². The lowest BCUT2D eigenvalue weighted by molar-refractivity contribution is -0.385. The summed E-state index contributed by atoms with van der Waals surface area (Å²) in [6.45, 7) is 1.65. The molecule has 1 fully saturated rings. The number of amides is 1. The Bertz CT molecular complexity index is 923. The minimum absolute atomic E-state index is 0.00189. The van der Waals surface area contributed by atoms with Crippen molar-refractivity contribution in [2.45, 2.75) is 6.92 Å². The molecule has 6 nitrogen and oxygen atoms in total. The van der Waals surface area contributed by atoms with Crippen molar-refractivity contribution in [3.05, 3.63) is 74.4 Å². The zero-order chi connectivity index (χ0) is 18.0. The van der Waals surface area contributed by atoms with E-state index in [1.54, 1.807) is 25.1 Å². The molecule has 126 valence electrons. The van der Waals surface area contributed by atoms with Gasteiger partial charge in [-0.15, -0.1) is 0 Å². The number of aryl methyl sites for hydroxylation is 1. The van der Waals surface area contributed by atoms with E-state index in [9.17, 15) is 19.3 Å². The third-order valence-corrected chi connectivity index (χ3v) is 4.35. The SMILES string of the molecule is Cc1ccc(/C=C2\SC(=Nc3ccc(F)cc3)NC2=O)cc1[N+](=O)[O-]. The third kappa shape index (κ3) is 3.92. The first kappa shape index (κ1) is 16.8. The first-order chi connectivity index (χ1) is 11.9. The minimum atomic E-state index is -0.458. The van der Waals surface area contributed by atoms with E-state index in [4.69, 9.17) is 0 Å². The molecule has 0 saturated carbocycles. The zero-order valence-electron chi connectivity index (χ0n) is 13.0. The number of carbonyl (C=O) groups excluding carboxylic acids is 1. The van der Waals surface area contributed by atoms with Crippen LogP contribution in [-0.4, -0.2) is 16.0 Å². The predicted molar refractivity (Wildman–Crippen MR) is 95.0 cm³/mol. The Labute approximate surface area is 146 Å². The molecule has 1 heterocycles. The van der Waals surface area contributed by atoms with Gasteiger partial charge in [-0.05, 0) is 54.6 Å². The number of amidine groups is 1. The van der Waals surface area contributed by atoms with Gasteiger partial charge in [0.15, 0.2) is 5.17 Å². The molecule has 3 rings (SSSR count). The molecule has 1 aliphatic rings. The Morgan fingerprint density at radius 3 is 2.64 bits per heavy atom. The van der Waals surface area contributed by atoms with Gasteiger partial charge >= 0.3 is 0 Å². The van der Waals surface area contributed by atoms with Gasteiger partial charge in [-0.3, -0.25) is 14.9 Å². The maximum Gasteiger partial charge on any atom is 0.272 e. The lowest BCUT2D eigenvalue weighted by Crippen LogP contribution is -2.19. The Morgan fingerprint density at radius 1 is 1.24 bits per heavy atom. The largest absolute Gasteiger partial charge is 0.300 e. The lowest BCUT2D eigenvalue weighted by atomic mass is 10.1. The number of aliphatic imine (C=N–C) groups is 1. The fraction of sp³-hybridized carbons (Fsp3) is 0.0588. The van der Waals surface area contributed by atoms with E-state index in [1.807, 2.05) is 0 Å². The number of thioether (sulfide) groups is 1. The number of nitro benzene ring substituents is 1. The smallest absolute Gasteiger partial charge is 0.272 e. The number of halogens is 1. The maximum absolute atomic E-state index is 12.9. The average molecular weight is 357 g/mol. The summed E-state index contributed by atoms with van der Waals surface area (Å²) < 4.78 is 12.9. The van der Waals surface area contributed by atoms with Crippen molar-refractivity contribution in [3.8, 4) is 0 Å². The topological polar surface area (TPSA) is 84.6 Å². The summed E-state index contributed by atoms with van der Waals surface area (Å²) in [5.41, 5.74) is 1.61. The molecular formula is C17H12FN3O3S. The molecule has 8 heteroatoms. The van der Waals surface area contributed by atoms with Gasteiger partial charge < -0.3 is 5.32 Å². The average Bonchev–Trinajstić information content (AvgIpc) is 2.90. The second-order valence-corrected chi connectivity index (χ2v) is 6.29. The lowest BCUT2D eigenvalue weighted by Gasteiger charge is -1.99. The van der Waals surface area contributed by atoms with Gasteiger partial charge in [0.1, 0.15) is 5.82 Å². The Morgan fingerprint density at radius 2 is 1.96 bits per heavy atom. The normalized spacial score (nSPS) is 17.1. The van der Waals surface area contributed by atoms with Crippen LogP contribution in [0.25, 0.3) is 6.08 Å². The molecule has 1 amide bonds. The van der Waals surface area contributed by atoms with Crippen LogP contribution in [-0.2, 0) is 4.79 Å². The second-order valence-electron chi connectivity index (χ2n) is 5.26. The van der Waals surface area contributed by atoms with Crippen LogP contribution in [0.2, 0.25) is 0 Å². The van der Waals surface area contributed by atoms with Crippen molar-refractivity contribution >= 4 is 40.3 Å². The summed E-state index contributed by atoms with van der Waals surface area (Å²) >= 11 is 1.12. The Kier molecular flexibility index (Phi) is 4.62. The first-order valence-corrected chi connectivity index (χ1v) is 8.04. The van der Waals surface area contributed by atoms with E-state index in [0.717, 1.165) is 11.8 Å². The number of hydrogen-bond acceptors (Lipinski definition) is 5. The van der Waals surface area contributed by atoms with Gasteiger partial charge in [-0.1, -0.05) is 12.1 Å². The summed E-state index contributed by atoms with van der Waals surface area (Å²) in [6, 6.07) is 10.3. The minimum Gasteiger partial charge on any atom is -0.300 e. The number of carbonyl (C=O) groups is 1. The van der Waals surface area contributed by atoms with Crippen LogP contribution in [0.3, 0.4) is 0 Å². The molecule has 1 N–H and O–H groups in total. The molecule has 1 saturated heterocycles. The monoisotopic (exact) mass is 357 g/mol. The molecule has 2 aromatic carbocycles. The van der Waals surface area contributed by atoms with Crippen molar-refractivity contribution < 1.29 is 14.1 Å². The van der Waals surface area contributed by atoms with Crippen LogP contribution in [0.4, 0.5) is 15.8 Å². The summed E-state index contributed by atoms with van der Waals surface area (Å²) in [5, 5.41) is 14.0. The highest BCUT2D eigenvalue weighted by Crippen LogP contribution is 2.29. The standard InChI is InChI=1S/C17H12FN3O3S/c1-10-2-3-11(8-14(10)21(23)24)9-15-16(22)20-17(25-15)19-13-6-4-12(18)5-7-13/h2-9H,1H3,(H,19,20,22)/b15-9-. The van der Waals surface area contributed by atoms with Crippen LogP contribution >= 0.6 is 11.8 Å². The summed E-state index contributed by atoms with van der Waals surface area (Å²) in [7, 11) is 0. The van der Waals surface area contributed by atoms with Crippen molar-refractivity contribution in [2.75, 3.05) is 0 Å². The zero-order valence-corrected chi connectivity index (χ0v) is 13.8. The van der Waals surface area contributed by atoms with Crippen molar-refractivity contribution in [1.29, 1.82) is 0 Å². The Balaban J connectivity index is 1.85. The number of rotatable bonds is 3. The highest BCUT2D eigenvalue weighted by molar-refractivity contribution is 8.18. The number of hydrogen-bond donors (Lipinski definition) is 1. The molecule has 0 bridgehead atoms. The number of nitrogens with zero attached hydrogens (tertiary/aromatic N) is 2. The first-order valence-electron chi connectivity index (χ1n) is 7.22. The van der Waals surface area contributed by atoms with Crippen molar-refractivity contribution in [3.63, 3.8) is 0 Å². The highest BCUT2D eigenvalue weighted by Gasteiger charge is 2.24. The summed E-state index contributed by atoms with van der Waals surface area (Å²) in [6.07, 6.45) is 1.57. The summed E-state index contributed by atoms with van der Waals surface area (Å²) in [4.78, 5) is 27.2. The van der Waals surface area contributed by atoms with Crippen molar-refractivity contribution in [2.24, 2.45) is 4.99 Å². The van der Waals surface area contributed by atoms with Crippen LogP contribution in [0.1, 0.15) is 11.1 Å². The fourth-order valence-electron chi connectivity index (χ4n) is 2.18. The fourth-order valence-corrected chi connectivity index (χ4v) is 3.02. The highest BCUT2D eigenvalue weighted by atomic mass is 32.2. The van der Waals surface area contributed by atoms with E-state index in [-0.39, 0.29) is 17.4 Å². The molecule has 0 unspecified atom stereocenters.